The molecule has 2 fully saturated rings. The summed E-state index contributed by atoms with van der Waals surface area (Å²) in [6.45, 7) is 2.58. The van der Waals surface area contributed by atoms with Gasteiger partial charge < -0.3 is 5.32 Å². The Kier molecular flexibility index (Phi) is 4.99. The van der Waals surface area contributed by atoms with Crippen molar-refractivity contribution in [2.24, 2.45) is 7.05 Å². The molecule has 0 radical (unpaired) electrons. The number of anilines is 1. The van der Waals surface area contributed by atoms with E-state index in [1.54, 1.807) is 10.9 Å². The van der Waals surface area contributed by atoms with Gasteiger partial charge in [0.15, 0.2) is 5.65 Å². The molecule has 186 valence electrons. The SMILES string of the molecule is Cc1nn(C)cc1Cn1cc(NC(=O)c2cc(C3CC3)nc3c2c(C2CC2)nn3-c2ccccc2)cn1. The van der Waals surface area contributed by atoms with Gasteiger partial charge in [0.1, 0.15) is 0 Å². The summed E-state index contributed by atoms with van der Waals surface area (Å²) in [4.78, 5) is 18.8. The minimum absolute atomic E-state index is 0.152. The lowest BCUT2D eigenvalue weighted by Gasteiger charge is -2.09. The normalized spacial score (nSPS) is 15.4. The lowest BCUT2D eigenvalue weighted by atomic mass is 10.0. The van der Waals surface area contributed by atoms with Crippen LogP contribution in [0.25, 0.3) is 16.7 Å². The van der Waals surface area contributed by atoms with Gasteiger partial charge in [0.25, 0.3) is 5.91 Å². The molecular weight excluding hydrogens is 464 g/mol. The standard InChI is InChI=1S/C28H28N8O/c1-17-20(14-34(2)32-17)15-35-16-21(13-29-35)30-28(37)23-12-24(18-8-9-18)31-27-25(23)26(19-10-11-19)33-36(27)22-6-4-3-5-7-22/h3-7,12-14,16,18-19H,8-11,15H2,1-2H3,(H,30,37). The van der Waals surface area contributed by atoms with Crippen LogP contribution in [0.3, 0.4) is 0 Å². The van der Waals surface area contributed by atoms with Gasteiger partial charge in [0.05, 0.1) is 46.5 Å². The predicted molar refractivity (Wildman–Crippen MR) is 140 cm³/mol. The predicted octanol–water partition coefficient (Wildman–Crippen LogP) is 4.71. The third-order valence-electron chi connectivity index (χ3n) is 7.23. The van der Waals surface area contributed by atoms with Crippen molar-refractivity contribution < 1.29 is 4.79 Å². The van der Waals surface area contributed by atoms with Gasteiger partial charge in [-0.25, -0.2) is 9.67 Å². The van der Waals surface area contributed by atoms with Gasteiger partial charge in [-0.15, -0.1) is 0 Å². The summed E-state index contributed by atoms with van der Waals surface area (Å²) in [6, 6.07) is 12.1. The highest BCUT2D eigenvalue weighted by molar-refractivity contribution is 6.13. The van der Waals surface area contributed by atoms with Crippen molar-refractivity contribution in [2.45, 2.75) is 51.0 Å². The van der Waals surface area contributed by atoms with E-state index in [0.717, 1.165) is 65.0 Å². The maximum Gasteiger partial charge on any atom is 0.256 e. The maximum atomic E-state index is 13.8. The molecule has 1 aromatic carbocycles. The molecule has 5 aromatic rings. The summed E-state index contributed by atoms with van der Waals surface area (Å²) in [5.41, 5.74) is 7.04. The fraction of sp³-hybridized carbons (Fsp3) is 0.321. The molecule has 7 rings (SSSR count). The van der Waals surface area contributed by atoms with Crippen LogP contribution < -0.4 is 5.32 Å². The Bertz CT molecular complexity index is 1640. The zero-order valence-corrected chi connectivity index (χ0v) is 20.9. The number of para-hydroxylation sites is 1. The fourth-order valence-electron chi connectivity index (χ4n) is 5.01. The number of benzene rings is 1. The van der Waals surface area contributed by atoms with Crippen LogP contribution in [0, 0.1) is 6.92 Å². The monoisotopic (exact) mass is 492 g/mol. The summed E-state index contributed by atoms with van der Waals surface area (Å²) in [6.07, 6.45) is 9.94. The van der Waals surface area contributed by atoms with E-state index in [4.69, 9.17) is 10.1 Å². The molecule has 0 saturated heterocycles. The van der Waals surface area contributed by atoms with Gasteiger partial charge in [-0.05, 0) is 50.8 Å². The Labute approximate surface area is 214 Å². The van der Waals surface area contributed by atoms with Crippen LogP contribution in [-0.4, -0.2) is 40.2 Å². The zero-order valence-electron chi connectivity index (χ0n) is 20.9. The second-order valence-corrected chi connectivity index (χ2v) is 10.3. The van der Waals surface area contributed by atoms with Crippen molar-refractivity contribution in [1.29, 1.82) is 0 Å². The first-order chi connectivity index (χ1) is 18.0. The van der Waals surface area contributed by atoms with Crippen LogP contribution in [0.1, 0.15) is 70.5 Å². The highest BCUT2D eigenvalue weighted by atomic mass is 16.1. The first-order valence-electron chi connectivity index (χ1n) is 12.9. The highest BCUT2D eigenvalue weighted by Crippen LogP contribution is 2.45. The van der Waals surface area contributed by atoms with Crippen LogP contribution >= 0.6 is 0 Å². The Morgan fingerprint density at radius 3 is 2.54 bits per heavy atom. The second-order valence-electron chi connectivity index (χ2n) is 10.3. The summed E-state index contributed by atoms with van der Waals surface area (Å²) >= 11 is 0. The molecule has 0 unspecified atom stereocenters. The number of carbonyl (C=O) groups excluding carboxylic acids is 1. The molecule has 2 aliphatic rings. The topological polar surface area (TPSA) is 95.5 Å². The third kappa shape index (κ3) is 4.10. The fourth-order valence-corrected chi connectivity index (χ4v) is 5.01. The minimum Gasteiger partial charge on any atom is -0.319 e. The average Bonchev–Trinajstić information content (AvgIpc) is 3.82. The van der Waals surface area contributed by atoms with Gasteiger partial charge in [-0.3, -0.25) is 14.2 Å². The highest BCUT2D eigenvalue weighted by Gasteiger charge is 2.34. The number of fused-ring (bicyclic) bond motifs is 1. The van der Waals surface area contributed by atoms with Crippen molar-refractivity contribution in [3.8, 4) is 5.69 Å². The number of pyridine rings is 1. The van der Waals surface area contributed by atoms with E-state index in [2.05, 4.69) is 15.5 Å². The van der Waals surface area contributed by atoms with Crippen molar-refractivity contribution in [2.75, 3.05) is 5.32 Å². The number of nitrogens with one attached hydrogen (secondary N) is 1. The molecule has 9 nitrogen and oxygen atoms in total. The van der Waals surface area contributed by atoms with Gasteiger partial charge in [-0.2, -0.15) is 15.3 Å². The molecule has 0 aliphatic heterocycles. The molecule has 0 bridgehead atoms. The van der Waals surface area contributed by atoms with Crippen LogP contribution in [-0.2, 0) is 13.6 Å². The number of carbonyl (C=O) groups is 1. The zero-order chi connectivity index (χ0) is 25.1. The molecule has 9 heteroatoms. The molecule has 2 aliphatic carbocycles. The summed E-state index contributed by atoms with van der Waals surface area (Å²) < 4.78 is 5.54. The smallest absolute Gasteiger partial charge is 0.256 e. The number of amides is 1. The quantitative estimate of drug-likeness (QED) is 0.355. The van der Waals surface area contributed by atoms with E-state index in [1.807, 2.05) is 72.1 Å². The Morgan fingerprint density at radius 2 is 1.84 bits per heavy atom. The van der Waals surface area contributed by atoms with E-state index in [9.17, 15) is 4.79 Å². The lowest BCUT2D eigenvalue weighted by Crippen LogP contribution is -2.13. The molecule has 2 saturated carbocycles. The molecule has 4 aromatic heterocycles. The third-order valence-corrected chi connectivity index (χ3v) is 7.23. The van der Waals surface area contributed by atoms with Gasteiger partial charge in [0, 0.05) is 42.5 Å². The Balaban J connectivity index is 1.26. The first kappa shape index (κ1) is 22.0. The van der Waals surface area contributed by atoms with Crippen molar-refractivity contribution in [3.05, 3.63) is 83.2 Å². The summed E-state index contributed by atoms with van der Waals surface area (Å²) in [5.74, 6) is 0.629. The van der Waals surface area contributed by atoms with Crippen LogP contribution in [0.2, 0.25) is 0 Å². The Morgan fingerprint density at radius 1 is 1.05 bits per heavy atom. The lowest BCUT2D eigenvalue weighted by molar-refractivity contribution is 0.102. The second kappa shape index (κ2) is 8.40. The number of hydrogen-bond donors (Lipinski definition) is 1. The van der Waals surface area contributed by atoms with Crippen molar-refractivity contribution >= 4 is 22.6 Å². The van der Waals surface area contributed by atoms with Crippen LogP contribution in [0.15, 0.2) is 55.0 Å². The van der Waals surface area contributed by atoms with Crippen LogP contribution in [0.5, 0.6) is 0 Å². The minimum atomic E-state index is -0.152. The molecule has 1 N–H and O–H groups in total. The number of nitrogens with zero attached hydrogens (tertiary/aromatic N) is 7. The number of rotatable bonds is 7. The van der Waals surface area contributed by atoms with Gasteiger partial charge >= 0.3 is 0 Å². The average molecular weight is 493 g/mol. The molecule has 37 heavy (non-hydrogen) atoms. The first-order valence-corrected chi connectivity index (χ1v) is 12.9. The van der Waals surface area contributed by atoms with Crippen LogP contribution in [0.4, 0.5) is 5.69 Å². The summed E-state index contributed by atoms with van der Waals surface area (Å²) in [5, 5.41) is 17.8. The largest absolute Gasteiger partial charge is 0.319 e. The van der Waals surface area contributed by atoms with Gasteiger partial charge in [0.2, 0.25) is 0 Å². The maximum absolute atomic E-state index is 13.8. The molecule has 0 atom stereocenters. The number of aryl methyl sites for hydroxylation is 2. The van der Waals surface area contributed by atoms with E-state index in [-0.39, 0.29) is 5.91 Å². The molecular formula is C28H28N8O. The molecule has 0 spiro atoms. The van der Waals surface area contributed by atoms with E-state index in [1.165, 1.54) is 0 Å². The van der Waals surface area contributed by atoms with Crippen molar-refractivity contribution in [1.82, 2.24) is 34.3 Å². The molecule has 4 heterocycles. The Hall–Kier alpha value is -4.27. The molecule has 1 amide bonds. The van der Waals surface area contributed by atoms with E-state index < -0.39 is 0 Å². The van der Waals surface area contributed by atoms with Gasteiger partial charge in [-0.1, -0.05) is 18.2 Å². The number of hydrogen-bond acceptors (Lipinski definition) is 5. The van der Waals surface area contributed by atoms with E-state index >= 15 is 0 Å². The number of aromatic nitrogens is 7. The van der Waals surface area contributed by atoms with E-state index in [0.29, 0.717) is 29.6 Å². The van der Waals surface area contributed by atoms with Crippen molar-refractivity contribution in [3.63, 3.8) is 0 Å². The summed E-state index contributed by atoms with van der Waals surface area (Å²) in [7, 11) is 1.91.